The van der Waals surface area contributed by atoms with Crippen molar-refractivity contribution in [1.29, 1.82) is 0 Å². The number of aryl methyl sites for hydroxylation is 1. The highest BCUT2D eigenvalue weighted by molar-refractivity contribution is 6.30. The zero-order valence-corrected chi connectivity index (χ0v) is 15.9. The molecule has 2 aliphatic heterocycles. The lowest BCUT2D eigenvalue weighted by atomic mass is 10.0. The van der Waals surface area contributed by atoms with E-state index in [9.17, 15) is 9.59 Å². The second-order valence-corrected chi connectivity index (χ2v) is 7.42. The molecule has 0 spiro atoms. The van der Waals surface area contributed by atoms with E-state index in [0.29, 0.717) is 18.7 Å². The number of amides is 1. The summed E-state index contributed by atoms with van der Waals surface area (Å²) in [5.41, 5.74) is 3.67. The molecule has 27 heavy (non-hydrogen) atoms. The van der Waals surface area contributed by atoms with Crippen molar-refractivity contribution < 1.29 is 14.3 Å². The van der Waals surface area contributed by atoms with Gasteiger partial charge in [0.25, 0.3) is 0 Å². The van der Waals surface area contributed by atoms with Gasteiger partial charge >= 0.3 is 5.97 Å². The van der Waals surface area contributed by atoms with E-state index in [1.54, 1.807) is 12.1 Å². The number of fused-ring (bicyclic) bond motifs is 1. The summed E-state index contributed by atoms with van der Waals surface area (Å²) in [5, 5.41) is 0.718. The molecular formula is C21H21ClN2O3. The van der Waals surface area contributed by atoms with Crippen molar-refractivity contribution >= 4 is 29.2 Å². The SMILES string of the molecule is Cc1ccc(Cl)cc1N1CCN(C(=O)C[C@H]2OC(=O)c3ccccc32)CC1. The third kappa shape index (κ3) is 3.52. The predicted molar refractivity (Wildman–Crippen MR) is 104 cm³/mol. The monoisotopic (exact) mass is 384 g/mol. The van der Waals surface area contributed by atoms with Gasteiger partial charge in [-0.3, -0.25) is 4.79 Å². The first-order valence-electron chi connectivity index (χ1n) is 9.12. The summed E-state index contributed by atoms with van der Waals surface area (Å²) in [4.78, 5) is 28.8. The van der Waals surface area contributed by atoms with Crippen LogP contribution in [0.15, 0.2) is 42.5 Å². The number of cyclic esters (lactones) is 1. The van der Waals surface area contributed by atoms with Gasteiger partial charge in [-0.25, -0.2) is 4.79 Å². The normalized spacial score (nSPS) is 19.0. The Morgan fingerprint density at radius 1 is 1.15 bits per heavy atom. The van der Waals surface area contributed by atoms with Crippen molar-refractivity contribution in [3.8, 4) is 0 Å². The first kappa shape index (κ1) is 17.9. The van der Waals surface area contributed by atoms with Crippen molar-refractivity contribution in [2.75, 3.05) is 31.1 Å². The van der Waals surface area contributed by atoms with E-state index in [2.05, 4.69) is 11.8 Å². The first-order valence-corrected chi connectivity index (χ1v) is 9.49. The maximum absolute atomic E-state index is 12.7. The Labute approximate surface area is 163 Å². The first-order chi connectivity index (χ1) is 13.0. The van der Waals surface area contributed by atoms with E-state index in [1.165, 1.54) is 5.56 Å². The highest BCUT2D eigenvalue weighted by Crippen LogP contribution is 2.33. The molecule has 0 aromatic heterocycles. The van der Waals surface area contributed by atoms with E-state index in [-0.39, 0.29) is 18.3 Å². The molecule has 0 bridgehead atoms. The molecule has 2 aliphatic rings. The number of halogens is 1. The van der Waals surface area contributed by atoms with E-state index >= 15 is 0 Å². The summed E-state index contributed by atoms with van der Waals surface area (Å²) < 4.78 is 5.40. The van der Waals surface area contributed by atoms with Crippen LogP contribution >= 0.6 is 11.6 Å². The van der Waals surface area contributed by atoms with E-state index in [0.717, 1.165) is 29.4 Å². The lowest BCUT2D eigenvalue weighted by molar-refractivity contribution is -0.133. The van der Waals surface area contributed by atoms with Gasteiger partial charge in [0.1, 0.15) is 6.10 Å². The average Bonchev–Trinajstić information content (AvgIpc) is 3.00. The second kappa shape index (κ2) is 7.24. The number of benzene rings is 2. The lowest BCUT2D eigenvalue weighted by Gasteiger charge is -2.37. The molecule has 0 unspecified atom stereocenters. The van der Waals surface area contributed by atoms with Crippen LogP contribution < -0.4 is 4.90 Å². The maximum atomic E-state index is 12.7. The van der Waals surface area contributed by atoms with Gasteiger partial charge in [0.05, 0.1) is 12.0 Å². The molecule has 5 nitrogen and oxygen atoms in total. The minimum absolute atomic E-state index is 0.0203. The Morgan fingerprint density at radius 2 is 1.89 bits per heavy atom. The van der Waals surface area contributed by atoms with Crippen LogP contribution in [0, 0.1) is 6.92 Å². The van der Waals surface area contributed by atoms with Crippen LogP contribution in [-0.2, 0) is 9.53 Å². The van der Waals surface area contributed by atoms with Crippen molar-refractivity contribution in [3.63, 3.8) is 0 Å². The zero-order chi connectivity index (χ0) is 19.0. The Bertz CT molecular complexity index is 891. The molecule has 0 saturated carbocycles. The summed E-state index contributed by atoms with van der Waals surface area (Å²) >= 11 is 6.13. The van der Waals surface area contributed by atoms with Crippen molar-refractivity contribution in [3.05, 3.63) is 64.2 Å². The molecule has 1 fully saturated rings. The molecule has 2 aromatic rings. The molecule has 0 N–H and O–H groups in total. The van der Waals surface area contributed by atoms with Gasteiger partial charge in [-0.15, -0.1) is 0 Å². The van der Waals surface area contributed by atoms with Gasteiger partial charge in [0.2, 0.25) is 5.91 Å². The van der Waals surface area contributed by atoms with Crippen molar-refractivity contribution in [1.82, 2.24) is 4.90 Å². The number of piperazine rings is 1. The molecule has 2 heterocycles. The van der Waals surface area contributed by atoms with Crippen LogP contribution in [0.25, 0.3) is 0 Å². The van der Waals surface area contributed by atoms with Crippen LogP contribution in [0.2, 0.25) is 5.02 Å². The Balaban J connectivity index is 1.38. The largest absolute Gasteiger partial charge is 0.453 e. The van der Waals surface area contributed by atoms with Crippen LogP contribution in [0.1, 0.15) is 34.0 Å². The topological polar surface area (TPSA) is 49.9 Å². The van der Waals surface area contributed by atoms with Crippen LogP contribution in [-0.4, -0.2) is 43.0 Å². The van der Waals surface area contributed by atoms with Gasteiger partial charge < -0.3 is 14.5 Å². The molecule has 4 rings (SSSR count). The predicted octanol–water partition coefficient (Wildman–Crippen LogP) is 3.60. The van der Waals surface area contributed by atoms with E-state index in [1.807, 2.05) is 35.2 Å². The zero-order valence-electron chi connectivity index (χ0n) is 15.2. The minimum atomic E-state index is -0.477. The summed E-state index contributed by atoms with van der Waals surface area (Å²) in [6, 6.07) is 13.2. The van der Waals surface area contributed by atoms with Crippen molar-refractivity contribution in [2.24, 2.45) is 0 Å². The number of ether oxygens (including phenoxy) is 1. The average molecular weight is 385 g/mol. The second-order valence-electron chi connectivity index (χ2n) is 6.98. The lowest BCUT2D eigenvalue weighted by Crippen LogP contribution is -2.49. The fraction of sp³-hybridized carbons (Fsp3) is 0.333. The molecule has 140 valence electrons. The Morgan fingerprint density at radius 3 is 2.67 bits per heavy atom. The molecule has 1 saturated heterocycles. The smallest absolute Gasteiger partial charge is 0.339 e. The third-order valence-corrected chi connectivity index (χ3v) is 5.52. The van der Waals surface area contributed by atoms with Crippen LogP contribution in [0.5, 0.6) is 0 Å². The number of nitrogens with zero attached hydrogens (tertiary/aromatic N) is 2. The van der Waals surface area contributed by atoms with Crippen LogP contribution in [0.4, 0.5) is 5.69 Å². The standard InChI is InChI=1S/C21H21ClN2O3/c1-14-6-7-15(22)12-18(14)23-8-10-24(11-9-23)20(25)13-19-16-4-2-3-5-17(16)21(26)27-19/h2-7,12,19H,8-11,13H2,1H3/t19-/m1/s1. The van der Waals surface area contributed by atoms with Gasteiger partial charge in [-0.2, -0.15) is 0 Å². The number of hydrogen-bond acceptors (Lipinski definition) is 4. The maximum Gasteiger partial charge on any atom is 0.339 e. The molecular weight excluding hydrogens is 364 g/mol. The van der Waals surface area contributed by atoms with Crippen molar-refractivity contribution in [2.45, 2.75) is 19.4 Å². The Kier molecular flexibility index (Phi) is 4.79. The highest BCUT2D eigenvalue weighted by atomic mass is 35.5. The van der Waals surface area contributed by atoms with Gasteiger partial charge in [0, 0.05) is 42.5 Å². The fourth-order valence-corrected chi connectivity index (χ4v) is 3.95. The number of rotatable bonds is 3. The van der Waals surface area contributed by atoms with Gasteiger partial charge in [0.15, 0.2) is 0 Å². The van der Waals surface area contributed by atoms with Gasteiger partial charge in [-0.1, -0.05) is 35.9 Å². The summed E-state index contributed by atoms with van der Waals surface area (Å²) in [5.74, 6) is -0.323. The Hall–Kier alpha value is -2.53. The highest BCUT2D eigenvalue weighted by Gasteiger charge is 2.33. The molecule has 2 aromatic carbocycles. The number of esters is 1. The molecule has 0 aliphatic carbocycles. The van der Waals surface area contributed by atoms with E-state index < -0.39 is 6.10 Å². The summed E-state index contributed by atoms with van der Waals surface area (Å²) in [6.07, 6.45) is -0.284. The minimum Gasteiger partial charge on any atom is -0.453 e. The molecule has 0 radical (unpaired) electrons. The number of hydrogen-bond donors (Lipinski definition) is 0. The molecule has 6 heteroatoms. The summed E-state index contributed by atoms with van der Waals surface area (Å²) in [7, 11) is 0. The quantitative estimate of drug-likeness (QED) is 0.759. The van der Waals surface area contributed by atoms with E-state index in [4.69, 9.17) is 16.3 Å². The number of anilines is 1. The fourth-order valence-electron chi connectivity index (χ4n) is 3.78. The van der Waals surface area contributed by atoms with Gasteiger partial charge in [-0.05, 0) is 30.7 Å². The molecule has 1 amide bonds. The number of carbonyl (C=O) groups is 2. The third-order valence-electron chi connectivity index (χ3n) is 5.28. The number of carbonyl (C=O) groups excluding carboxylic acids is 2. The molecule has 1 atom stereocenters. The van der Waals surface area contributed by atoms with Crippen LogP contribution in [0.3, 0.4) is 0 Å². The summed E-state index contributed by atoms with van der Waals surface area (Å²) in [6.45, 7) is 4.87.